The Morgan fingerprint density at radius 3 is 2.64 bits per heavy atom. The summed E-state index contributed by atoms with van der Waals surface area (Å²) in [6, 6.07) is 0. The van der Waals surface area contributed by atoms with Crippen molar-refractivity contribution in [3.8, 4) is 0 Å². The number of carbonyl (C=O) groups excluding carboxylic acids is 2. The summed E-state index contributed by atoms with van der Waals surface area (Å²) in [4.78, 5) is 33.1. The first-order valence-electron chi connectivity index (χ1n) is 9.28. The number of aromatic nitrogens is 1. The third-order valence-corrected chi connectivity index (χ3v) is 5.12. The molecule has 25 heavy (non-hydrogen) atoms. The van der Waals surface area contributed by atoms with E-state index < -0.39 is 0 Å². The van der Waals surface area contributed by atoms with Crippen LogP contribution in [0.1, 0.15) is 47.8 Å². The fourth-order valence-electron chi connectivity index (χ4n) is 3.70. The molecule has 2 fully saturated rings. The molecule has 0 aromatic carbocycles. The minimum atomic E-state index is -0.165. The topological polar surface area (TPSA) is 78.7 Å². The van der Waals surface area contributed by atoms with E-state index in [1.165, 1.54) is 19.3 Å². The fraction of sp³-hybridized carbons (Fsp3) is 0.722. The van der Waals surface area contributed by atoms with E-state index in [4.69, 9.17) is 4.42 Å². The van der Waals surface area contributed by atoms with Crippen LogP contribution in [-0.4, -0.2) is 65.9 Å². The molecule has 1 aromatic rings. The molecule has 0 saturated carbocycles. The summed E-state index contributed by atoms with van der Waals surface area (Å²) in [5.74, 6) is 0.546. The zero-order valence-corrected chi connectivity index (χ0v) is 15.2. The second kappa shape index (κ2) is 7.99. The zero-order valence-electron chi connectivity index (χ0n) is 15.2. The normalized spacial score (nSPS) is 21.5. The molecule has 0 unspecified atom stereocenters. The van der Waals surface area contributed by atoms with E-state index in [9.17, 15) is 9.59 Å². The van der Waals surface area contributed by atoms with Crippen LogP contribution in [0.3, 0.4) is 0 Å². The maximum absolute atomic E-state index is 12.5. The van der Waals surface area contributed by atoms with Crippen LogP contribution in [0.25, 0.3) is 0 Å². The maximum atomic E-state index is 12.5. The van der Waals surface area contributed by atoms with E-state index in [1.54, 1.807) is 18.7 Å². The van der Waals surface area contributed by atoms with E-state index in [0.29, 0.717) is 43.4 Å². The second-order valence-electron chi connectivity index (χ2n) is 7.08. The number of likely N-dealkylation sites (tertiary alicyclic amines) is 2. The summed E-state index contributed by atoms with van der Waals surface area (Å²) in [6.07, 6.45) is 4.54. The highest BCUT2D eigenvalue weighted by atomic mass is 16.4. The lowest BCUT2D eigenvalue weighted by atomic mass is 10.1. The number of hydrogen-bond donors (Lipinski definition) is 1. The van der Waals surface area contributed by atoms with Crippen molar-refractivity contribution in [3.05, 3.63) is 17.3 Å². The number of oxazole rings is 1. The molecular weight excluding hydrogens is 320 g/mol. The average Bonchev–Trinajstić information content (AvgIpc) is 3.22. The molecule has 2 amide bonds. The minimum Gasteiger partial charge on any atom is -0.436 e. The molecule has 7 heteroatoms. The highest BCUT2D eigenvalue weighted by molar-refractivity contribution is 5.93. The van der Waals surface area contributed by atoms with Gasteiger partial charge in [0.25, 0.3) is 5.91 Å². The van der Waals surface area contributed by atoms with Gasteiger partial charge in [0, 0.05) is 33.1 Å². The van der Waals surface area contributed by atoms with Gasteiger partial charge in [-0.05, 0) is 39.3 Å². The Labute approximate surface area is 148 Å². The first-order valence-corrected chi connectivity index (χ1v) is 9.28. The summed E-state index contributed by atoms with van der Waals surface area (Å²) in [5.41, 5.74) is 0.608. The fourth-order valence-corrected chi connectivity index (χ4v) is 3.70. The molecule has 2 aliphatic heterocycles. The van der Waals surface area contributed by atoms with Crippen molar-refractivity contribution in [2.45, 2.75) is 39.5 Å². The molecule has 0 bridgehead atoms. The Morgan fingerprint density at radius 1 is 1.20 bits per heavy atom. The quantitative estimate of drug-likeness (QED) is 0.869. The first kappa shape index (κ1) is 17.9. The van der Waals surface area contributed by atoms with Gasteiger partial charge in [0.05, 0.1) is 11.6 Å². The van der Waals surface area contributed by atoms with Crippen molar-refractivity contribution >= 4 is 11.8 Å². The molecule has 7 nitrogen and oxygen atoms in total. The van der Waals surface area contributed by atoms with Crippen molar-refractivity contribution < 1.29 is 14.0 Å². The number of nitrogens with zero attached hydrogens (tertiary/aromatic N) is 3. The Hall–Kier alpha value is -1.89. The lowest BCUT2D eigenvalue weighted by Crippen LogP contribution is -2.40. The molecule has 0 aliphatic carbocycles. The highest BCUT2D eigenvalue weighted by Gasteiger charge is 2.33. The molecule has 1 aromatic heterocycles. The van der Waals surface area contributed by atoms with Crippen molar-refractivity contribution in [3.63, 3.8) is 0 Å². The number of carbonyl (C=O) groups is 2. The molecular formula is C18H28N4O3. The Bertz CT molecular complexity index is 622. The van der Waals surface area contributed by atoms with Crippen LogP contribution in [0.15, 0.2) is 4.42 Å². The number of piperidine rings is 1. The van der Waals surface area contributed by atoms with Crippen LogP contribution in [0, 0.1) is 19.8 Å². The van der Waals surface area contributed by atoms with Crippen LogP contribution in [0.2, 0.25) is 0 Å². The molecule has 138 valence electrons. The van der Waals surface area contributed by atoms with Gasteiger partial charge in [-0.2, -0.15) is 0 Å². The number of nitrogens with one attached hydrogen (secondary N) is 1. The smallest absolute Gasteiger partial charge is 0.291 e. The summed E-state index contributed by atoms with van der Waals surface area (Å²) < 4.78 is 5.41. The van der Waals surface area contributed by atoms with E-state index in [1.807, 2.05) is 0 Å². The van der Waals surface area contributed by atoms with Crippen molar-refractivity contribution in [2.24, 2.45) is 5.92 Å². The van der Waals surface area contributed by atoms with Gasteiger partial charge >= 0.3 is 0 Å². The van der Waals surface area contributed by atoms with E-state index in [2.05, 4.69) is 15.2 Å². The van der Waals surface area contributed by atoms with Gasteiger partial charge in [0.15, 0.2) is 5.89 Å². The van der Waals surface area contributed by atoms with Gasteiger partial charge in [0.1, 0.15) is 0 Å². The number of aryl methyl sites for hydroxylation is 2. The molecule has 1 atom stereocenters. The molecule has 0 spiro atoms. The SMILES string of the molecule is Cc1nc(C)c(C(=O)N2CC[C@@H](C(=O)NCCN3CCCCC3)C2)o1. The number of hydrogen-bond acceptors (Lipinski definition) is 5. The van der Waals surface area contributed by atoms with Gasteiger partial charge in [-0.1, -0.05) is 6.42 Å². The van der Waals surface area contributed by atoms with Crippen molar-refractivity contribution in [1.82, 2.24) is 20.1 Å². The lowest BCUT2D eigenvalue weighted by Gasteiger charge is -2.26. The summed E-state index contributed by atoms with van der Waals surface area (Å²) >= 11 is 0. The van der Waals surface area contributed by atoms with Crippen LogP contribution in [0.5, 0.6) is 0 Å². The molecule has 1 N–H and O–H groups in total. The Morgan fingerprint density at radius 2 is 1.96 bits per heavy atom. The van der Waals surface area contributed by atoms with Crippen molar-refractivity contribution in [1.29, 1.82) is 0 Å². The number of rotatable bonds is 5. The Balaban J connectivity index is 1.44. The number of amides is 2. The predicted octanol–water partition coefficient (Wildman–Crippen LogP) is 1.36. The van der Waals surface area contributed by atoms with E-state index in [0.717, 1.165) is 19.6 Å². The first-order chi connectivity index (χ1) is 12.0. The van der Waals surface area contributed by atoms with Crippen LogP contribution >= 0.6 is 0 Å². The highest BCUT2D eigenvalue weighted by Crippen LogP contribution is 2.21. The summed E-state index contributed by atoms with van der Waals surface area (Å²) in [7, 11) is 0. The molecule has 3 heterocycles. The van der Waals surface area contributed by atoms with Gasteiger partial charge in [-0.15, -0.1) is 0 Å². The monoisotopic (exact) mass is 348 g/mol. The van der Waals surface area contributed by atoms with Gasteiger partial charge in [0.2, 0.25) is 11.7 Å². The minimum absolute atomic E-state index is 0.0535. The third-order valence-electron chi connectivity index (χ3n) is 5.12. The zero-order chi connectivity index (χ0) is 17.8. The van der Waals surface area contributed by atoms with Crippen LogP contribution in [0.4, 0.5) is 0 Å². The standard InChI is InChI=1S/C18H28N4O3/c1-13-16(25-14(2)20-13)18(24)22-10-6-15(12-22)17(23)19-7-11-21-8-4-3-5-9-21/h15H,3-12H2,1-2H3,(H,19,23)/t15-/m1/s1. The predicted molar refractivity (Wildman–Crippen MR) is 93.3 cm³/mol. The largest absolute Gasteiger partial charge is 0.436 e. The molecule has 3 rings (SSSR count). The maximum Gasteiger partial charge on any atom is 0.291 e. The van der Waals surface area contributed by atoms with Crippen LogP contribution < -0.4 is 5.32 Å². The van der Waals surface area contributed by atoms with Crippen LogP contribution in [-0.2, 0) is 4.79 Å². The van der Waals surface area contributed by atoms with E-state index in [-0.39, 0.29) is 17.7 Å². The van der Waals surface area contributed by atoms with Crippen molar-refractivity contribution in [2.75, 3.05) is 39.3 Å². The third kappa shape index (κ3) is 4.39. The molecule has 2 aliphatic rings. The second-order valence-corrected chi connectivity index (χ2v) is 7.08. The average molecular weight is 348 g/mol. The summed E-state index contributed by atoms with van der Waals surface area (Å²) in [5, 5.41) is 3.03. The van der Waals surface area contributed by atoms with Gasteiger partial charge < -0.3 is 19.5 Å². The Kier molecular flexibility index (Phi) is 5.73. The molecule has 2 saturated heterocycles. The summed E-state index contributed by atoms with van der Waals surface area (Å²) in [6.45, 7) is 8.41. The van der Waals surface area contributed by atoms with Gasteiger partial charge in [-0.25, -0.2) is 4.98 Å². The van der Waals surface area contributed by atoms with E-state index >= 15 is 0 Å². The van der Waals surface area contributed by atoms with Gasteiger partial charge in [-0.3, -0.25) is 9.59 Å². The lowest BCUT2D eigenvalue weighted by molar-refractivity contribution is -0.124. The molecule has 0 radical (unpaired) electrons.